The van der Waals surface area contributed by atoms with E-state index in [9.17, 15) is 9.18 Å². The third-order valence-electron chi connectivity index (χ3n) is 1.99. The third kappa shape index (κ3) is 2.39. The van der Waals surface area contributed by atoms with Crippen LogP contribution in [0.5, 0.6) is 0 Å². The third-order valence-corrected chi connectivity index (χ3v) is 2.55. The van der Waals surface area contributed by atoms with Crippen LogP contribution < -0.4 is 0 Å². The summed E-state index contributed by atoms with van der Waals surface area (Å²) in [7, 11) is 0. The van der Waals surface area contributed by atoms with Gasteiger partial charge in [0.25, 0.3) is 0 Å². The van der Waals surface area contributed by atoms with Crippen LogP contribution in [-0.2, 0) is 10.1 Å². The number of halogens is 2. The molecule has 16 heavy (non-hydrogen) atoms. The highest BCUT2D eigenvalue weighted by Gasteiger charge is 2.20. The number of hydrogen-bond acceptors (Lipinski definition) is 3. The lowest BCUT2D eigenvalue weighted by molar-refractivity contribution is 0.0524. The van der Waals surface area contributed by atoms with E-state index in [4.69, 9.17) is 10.00 Å². The highest BCUT2D eigenvalue weighted by atomic mass is 79.9. The van der Waals surface area contributed by atoms with Crippen molar-refractivity contribution in [2.45, 2.75) is 12.3 Å². The lowest BCUT2D eigenvalue weighted by atomic mass is 10.0. The minimum Gasteiger partial charge on any atom is -0.462 e. The van der Waals surface area contributed by atoms with Gasteiger partial charge in [0.2, 0.25) is 0 Å². The number of hydrogen-bond donors (Lipinski definition) is 0. The lowest BCUT2D eigenvalue weighted by Crippen LogP contribution is -2.11. The van der Waals surface area contributed by atoms with Crippen LogP contribution in [0.15, 0.2) is 12.1 Å². The molecule has 0 aliphatic carbocycles. The van der Waals surface area contributed by atoms with Crippen LogP contribution in [0.25, 0.3) is 0 Å². The predicted octanol–water partition coefficient (Wildman–Crippen LogP) is 2.77. The smallest absolute Gasteiger partial charge is 0.339 e. The van der Waals surface area contributed by atoms with Crippen molar-refractivity contribution in [1.29, 1.82) is 5.26 Å². The molecular weight excluding hydrogens is 277 g/mol. The summed E-state index contributed by atoms with van der Waals surface area (Å²) < 4.78 is 18.2. The molecule has 1 aromatic rings. The summed E-state index contributed by atoms with van der Waals surface area (Å²) in [4.78, 5) is 11.6. The average Bonchev–Trinajstić information content (AvgIpc) is 2.28. The number of benzene rings is 1. The molecule has 0 aromatic heterocycles. The summed E-state index contributed by atoms with van der Waals surface area (Å²) in [6.45, 7) is 1.83. The fourth-order valence-electron chi connectivity index (χ4n) is 1.28. The number of esters is 1. The number of carbonyl (C=O) groups excluding carboxylic acids is 1. The molecule has 0 fully saturated rings. The summed E-state index contributed by atoms with van der Waals surface area (Å²) >= 11 is 3.08. The van der Waals surface area contributed by atoms with E-state index in [2.05, 4.69) is 15.9 Å². The first-order valence-corrected chi connectivity index (χ1v) is 5.72. The minimum absolute atomic E-state index is 0.00113. The van der Waals surface area contributed by atoms with E-state index in [1.54, 1.807) is 6.92 Å². The zero-order valence-electron chi connectivity index (χ0n) is 8.59. The molecule has 5 heteroatoms. The lowest BCUT2D eigenvalue weighted by Gasteiger charge is -2.09. The van der Waals surface area contributed by atoms with Gasteiger partial charge in [-0.25, -0.2) is 9.18 Å². The van der Waals surface area contributed by atoms with Crippen molar-refractivity contribution in [3.8, 4) is 6.07 Å². The Morgan fingerprint density at radius 3 is 2.81 bits per heavy atom. The molecule has 0 aliphatic rings. The van der Waals surface area contributed by atoms with E-state index in [0.29, 0.717) is 0 Å². The molecule has 1 aromatic carbocycles. The summed E-state index contributed by atoms with van der Waals surface area (Å²) in [5, 5.41) is 9.01. The molecule has 0 amide bonds. The Labute approximate surface area is 101 Å². The molecule has 0 atom stereocenters. The van der Waals surface area contributed by atoms with Crippen LogP contribution in [0, 0.1) is 17.1 Å². The summed E-state index contributed by atoms with van der Waals surface area (Å²) in [6, 6.07) is 4.28. The van der Waals surface area contributed by atoms with Gasteiger partial charge < -0.3 is 4.74 Å². The maximum absolute atomic E-state index is 13.4. The van der Waals surface area contributed by atoms with Crippen molar-refractivity contribution < 1.29 is 13.9 Å². The molecule has 0 unspecified atom stereocenters. The normalized spacial score (nSPS) is 9.62. The van der Waals surface area contributed by atoms with Crippen LogP contribution in [-0.4, -0.2) is 12.6 Å². The van der Waals surface area contributed by atoms with E-state index < -0.39 is 11.8 Å². The van der Waals surface area contributed by atoms with Crippen molar-refractivity contribution >= 4 is 21.9 Å². The van der Waals surface area contributed by atoms with Gasteiger partial charge in [-0.15, -0.1) is 0 Å². The summed E-state index contributed by atoms with van der Waals surface area (Å²) in [5.74, 6) is -1.20. The Bertz CT molecular complexity index is 454. The zero-order valence-corrected chi connectivity index (χ0v) is 10.2. The van der Waals surface area contributed by atoms with E-state index in [0.717, 1.165) is 6.07 Å². The van der Waals surface area contributed by atoms with Gasteiger partial charge >= 0.3 is 5.97 Å². The van der Waals surface area contributed by atoms with Crippen molar-refractivity contribution in [2.24, 2.45) is 0 Å². The molecule has 0 bridgehead atoms. The molecule has 1 rings (SSSR count). The molecule has 0 N–H and O–H groups in total. The van der Waals surface area contributed by atoms with Gasteiger partial charge in [0.15, 0.2) is 0 Å². The highest BCUT2D eigenvalue weighted by Crippen LogP contribution is 2.21. The Morgan fingerprint density at radius 1 is 1.62 bits per heavy atom. The highest BCUT2D eigenvalue weighted by molar-refractivity contribution is 9.08. The van der Waals surface area contributed by atoms with E-state index in [1.807, 2.05) is 6.07 Å². The first-order valence-electron chi connectivity index (χ1n) is 4.60. The second-order valence-electron chi connectivity index (χ2n) is 2.91. The van der Waals surface area contributed by atoms with Crippen molar-refractivity contribution in [2.75, 3.05) is 6.61 Å². The summed E-state index contributed by atoms with van der Waals surface area (Å²) in [5.41, 5.74) is 0.271. The first-order chi connectivity index (χ1) is 7.65. The van der Waals surface area contributed by atoms with Gasteiger partial charge in [0.05, 0.1) is 17.7 Å². The van der Waals surface area contributed by atoms with Gasteiger partial charge in [-0.05, 0) is 19.1 Å². The maximum Gasteiger partial charge on any atom is 0.339 e. The number of ether oxygens (including phenoxy) is 1. The molecular formula is C11H9BrFNO2. The number of carbonyl (C=O) groups is 1. The zero-order chi connectivity index (χ0) is 12.1. The number of alkyl halides is 1. The van der Waals surface area contributed by atoms with E-state index in [-0.39, 0.29) is 28.6 Å². The van der Waals surface area contributed by atoms with E-state index >= 15 is 0 Å². The Kier molecular flexibility index (Phi) is 4.44. The topological polar surface area (TPSA) is 50.1 Å². The summed E-state index contributed by atoms with van der Waals surface area (Å²) in [6.07, 6.45) is 0. The van der Waals surface area contributed by atoms with Crippen LogP contribution in [0.3, 0.4) is 0 Å². The minimum atomic E-state index is -0.673. The van der Waals surface area contributed by atoms with Gasteiger partial charge in [-0.3, -0.25) is 0 Å². The van der Waals surface area contributed by atoms with Crippen LogP contribution in [0.1, 0.15) is 28.4 Å². The quantitative estimate of drug-likeness (QED) is 0.634. The maximum atomic E-state index is 13.4. The molecule has 0 heterocycles. The van der Waals surface area contributed by atoms with Gasteiger partial charge in [-0.1, -0.05) is 15.9 Å². The molecule has 0 radical (unpaired) electrons. The average molecular weight is 286 g/mol. The fraction of sp³-hybridized carbons (Fsp3) is 0.273. The van der Waals surface area contributed by atoms with Gasteiger partial charge in [0.1, 0.15) is 11.9 Å². The van der Waals surface area contributed by atoms with Crippen LogP contribution in [0.4, 0.5) is 4.39 Å². The molecule has 84 valence electrons. The van der Waals surface area contributed by atoms with Crippen LogP contribution in [0.2, 0.25) is 0 Å². The van der Waals surface area contributed by atoms with Crippen LogP contribution >= 0.6 is 15.9 Å². The van der Waals surface area contributed by atoms with Crippen molar-refractivity contribution in [3.05, 3.63) is 34.6 Å². The Hall–Kier alpha value is -1.41. The largest absolute Gasteiger partial charge is 0.462 e. The van der Waals surface area contributed by atoms with Crippen molar-refractivity contribution in [3.63, 3.8) is 0 Å². The number of rotatable bonds is 3. The molecule has 3 nitrogen and oxygen atoms in total. The number of nitrogens with zero attached hydrogens (tertiary/aromatic N) is 1. The molecule has 0 saturated heterocycles. The Morgan fingerprint density at radius 2 is 2.31 bits per heavy atom. The monoisotopic (exact) mass is 285 g/mol. The molecule has 0 spiro atoms. The van der Waals surface area contributed by atoms with Gasteiger partial charge in [0, 0.05) is 10.9 Å². The predicted molar refractivity (Wildman–Crippen MR) is 59.7 cm³/mol. The van der Waals surface area contributed by atoms with Gasteiger partial charge in [-0.2, -0.15) is 5.26 Å². The first kappa shape index (κ1) is 12.7. The fourth-order valence-corrected chi connectivity index (χ4v) is 1.83. The SMILES string of the molecule is CCOC(=O)c1c(C#N)ccc(F)c1CBr. The second-order valence-corrected chi connectivity index (χ2v) is 3.48. The molecule has 0 aliphatic heterocycles. The standard InChI is InChI=1S/C11H9BrFNO2/c1-2-16-11(15)10-7(6-14)3-4-9(13)8(10)5-12/h3-4H,2,5H2,1H3. The Balaban J connectivity index is 3.37. The van der Waals surface area contributed by atoms with Crippen molar-refractivity contribution in [1.82, 2.24) is 0 Å². The second kappa shape index (κ2) is 5.61. The van der Waals surface area contributed by atoms with E-state index in [1.165, 1.54) is 6.07 Å². The molecule has 0 saturated carbocycles. The number of nitriles is 1.